The van der Waals surface area contributed by atoms with Crippen molar-refractivity contribution in [1.82, 2.24) is 19.6 Å². The van der Waals surface area contributed by atoms with Crippen LogP contribution in [0.1, 0.15) is 5.56 Å². The maximum absolute atomic E-state index is 11.3. The van der Waals surface area contributed by atoms with Gasteiger partial charge in [-0.1, -0.05) is 0 Å². The zero-order valence-electron chi connectivity index (χ0n) is 11.2. The molecular formula is C13H13N5O3. The third-order valence-corrected chi connectivity index (χ3v) is 2.92. The van der Waals surface area contributed by atoms with Gasteiger partial charge in [0.25, 0.3) is 0 Å². The van der Waals surface area contributed by atoms with Gasteiger partial charge in [0, 0.05) is 18.7 Å². The summed E-state index contributed by atoms with van der Waals surface area (Å²) in [6.07, 6.45) is 1.35. The average molecular weight is 287 g/mol. The lowest BCUT2D eigenvalue weighted by molar-refractivity contribution is 0.406. The summed E-state index contributed by atoms with van der Waals surface area (Å²) in [6.45, 7) is 0.370. The molecule has 0 bridgehead atoms. The Morgan fingerprint density at radius 1 is 1.29 bits per heavy atom. The minimum atomic E-state index is -0.351. The van der Waals surface area contributed by atoms with Crippen molar-refractivity contribution in [2.75, 3.05) is 7.11 Å². The number of nitrogens with zero attached hydrogens (tertiary/aromatic N) is 3. The van der Waals surface area contributed by atoms with Crippen molar-refractivity contribution < 1.29 is 9.47 Å². The van der Waals surface area contributed by atoms with Crippen molar-refractivity contribution in [3.05, 3.63) is 46.6 Å². The number of ether oxygens (including phenoxy) is 2. The van der Waals surface area contributed by atoms with Crippen molar-refractivity contribution in [1.29, 1.82) is 0 Å². The molecule has 21 heavy (non-hydrogen) atoms. The van der Waals surface area contributed by atoms with Crippen LogP contribution in [0.25, 0.3) is 5.65 Å². The number of methoxy groups -OCH3 is 1. The molecule has 1 aromatic carbocycles. The van der Waals surface area contributed by atoms with Crippen LogP contribution >= 0.6 is 0 Å². The molecule has 3 N–H and O–H groups in total. The minimum absolute atomic E-state index is 0.317. The van der Waals surface area contributed by atoms with Gasteiger partial charge in [0.05, 0.1) is 7.11 Å². The molecule has 3 aromatic rings. The van der Waals surface area contributed by atoms with Crippen LogP contribution in [0.5, 0.6) is 17.4 Å². The molecule has 3 rings (SSSR count). The number of aromatic amines is 1. The van der Waals surface area contributed by atoms with Gasteiger partial charge < -0.3 is 15.2 Å². The van der Waals surface area contributed by atoms with E-state index in [0.29, 0.717) is 29.6 Å². The van der Waals surface area contributed by atoms with E-state index < -0.39 is 0 Å². The maximum Gasteiger partial charge on any atom is 0.348 e. The zero-order valence-corrected chi connectivity index (χ0v) is 11.2. The van der Waals surface area contributed by atoms with Crippen LogP contribution in [0.3, 0.4) is 0 Å². The summed E-state index contributed by atoms with van der Waals surface area (Å²) in [5.74, 6) is 1.51. The van der Waals surface area contributed by atoms with Crippen LogP contribution < -0.4 is 20.9 Å². The van der Waals surface area contributed by atoms with E-state index in [-0.39, 0.29) is 5.69 Å². The topological polar surface area (TPSA) is 108 Å². The van der Waals surface area contributed by atoms with Crippen LogP contribution in [0, 0.1) is 0 Å². The molecule has 0 atom stereocenters. The molecule has 0 saturated carbocycles. The highest BCUT2D eigenvalue weighted by Gasteiger charge is 2.07. The van der Waals surface area contributed by atoms with E-state index in [0.717, 1.165) is 5.56 Å². The number of rotatable bonds is 4. The second-order valence-corrected chi connectivity index (χ2v) is 4.31. The summed E-state index contributed by atoms with van der Waals surface area (Å²) in [6, 6.07) is 6.91. The third kappa shape index (κ3) is 2.56. The molecule has 0 amide bonds. The molecule has 0 spiro atoms. The standard InChI is InChI=1S/C13H13N5O3/c1-20-9-2-8(6-14)3-10(4-9)21-12-5-11-16-17-13(19)18(11)7-15-12/h2-5,7H,6,14H2,1H3,(H,17,19). The summed E-state index contributed by atoms with van der Waals surface area (Å²) in [4.78, 5) is 15.4. The van der Waals surface area contributed by atoms with Gasteiger partial charge in [0.2, 0.25) is 5.88 Å². The first-order valence-corrected chi connectivity index (χ1v) is 6.18. The van der Waals surface area contributed by atoms with Gasteiger partial charge in [-0.15, -0.1) is 0 Å². The highest BCUT2D eigenvalue weighted by molar-refractivity contribution is 5.43. The average Bonchev–Trinajstić information content (AvgIpc) is 2.87. The number of fused-ring (bicyclic) bond motifs is 1. The smallest absolute Gasteiger partial charge is 0.348 e. The largest absolute Gasteiger partial charge is 0.497 e. The number of nitrogens with one attached hydrogen (secondary N) is 1. The molecule has 0 saturated heterocycles. The monoisotopic (exact) mass is 287 g/mol. The number of hydrogen-bond acceptors (Lipinski definition) is 6. The van der Waals surface area contributed by atoms with E-state index in [1.165, 1.54) is 10.7 Å². The van der Waals surface area contributed by atoms with Crippen molar-refractivity contribution in [2.24, 2.45) is 5.73 Å². The first-order chi connectivity index (χ1) is 10.2. The molecule has 0 aliphatic heterocycles. The Labute approximate surface area is 119 Å². The van der Waals surface area contributed by atoms with Crippen LogP contribution in [0.2, 0.25) is 0 Å². The SMILES string of the molecule is COc1cc(CN)cc(Oc2cc3n[nH]c(=O)n3cn2)c1. The van der Waals surface area contributed by atoms with Gasteiger partial charge in [-0.25, -0.2) is 19.3 Å². The molecule has 2 aromatic heterocycles. The Morgan fingerprint density at radius 2 is 2.10 bits per heavy atom. The fourth-order valence-corrected chi connectivity index (χ4v) is 1.89. The Morgan fingerprint density at radius 3 is 2.86 bits per heavy atom. The van der Waals surface area contributed by atoms with Gasteiger partial charge in [-0.05, 0) is 17.7 Å². The molecule has 2 heterocycles. The summed E-state index contributed by atoms with van der Waals surface area (Å²) >= 11 is 0. The first kappa shape index (κ1) is 13.1. The molecule has 8 nitrogen and oxygen atoms in total. The lowest BCUT2D eigenvalue weighted by Gasteiger charge is -2.09. The molecule has 0 aliphatic carbocycles. The zero-order chi connectivity index (χ0) is 14.8. The number of H-pyrrole nitrogens is 1. The van der Waals surface area contributed by atoms with Crippen molar-refractivity contribution in [2.45, 2.75) is 6.54 Å². The predicted molar refractivity (Wildman–Crippen MR) is 74.6 cm³/mol. The van der Waals surface area contributed by atoms with Crippen LogP contribution in [-0.2, 0) is 6.54 Å². The van der Waals surface area contributed by atoms with Gasteiger partial charge >= 0.3 is 5.69 Å². The Hall–Kier alpha value is -2.87. The summed E-state index contributed by atoms with van der Waals surface area (Å²) in [7, 11) is 1.57. The Kier molecular flexibility index (Phi) is 3.28. The van der Waals surface area contributed by atoms with Crippen molar-refractivity contribution in [3.63, 3.8) is 0 Å². The highest BCUT2D eigenvalue weighted by Crippen LogP contribution is 2.26. The molecule has 8 heteroatoms. The normalized spacial score (nSPS) is 10.8. The predicted octanol–water partition coefficient (Wildman–Crippen LogP) is 0.677. The van der Waals surface area contributed by atoms with Crippen molar-refractivity contribution in [3.8, 4) is 17.4 Å². The second-order valence-electron chi connectivity index (χ2n) is 4.31. The maximum atomic E-state index is 11.3. The highest BCUT2D eigenvalue weighted by atomic mass is 16.5. The quantitative estimate of drug-likeness (QED) is 0.730. The van der Waals surface area contributed by atoms with Gasteiger partial charge in [-0.3, -0.25) is 0 Å². The number of benzene rings is 1. The summed E-state index contributed by atoms with van der Waals surface area (Å²) < 4.78 is 12.1. The van der Waals surface area contributed by atoms with Gasteiger partial charge in [0.15, 0.2) is 5.65 Å². The number of aromatic nitrogens is 4. The lowest BCUT2D eigenvalue weighted by Crippen LogP contribution is -2.09. The first-order valence-electron chi connectivity index (χ1n) is 6.18. The fraction of sp³-hybridized carbons (Fsp3) is 0.154. The fourth-order valence-electron chi connectivity index (χ4n) is 1.89. The van der Waals surface area contributed by atoms with Crippen LogP contribution in [0.15, 0.2) is 35.4 Å². The third-order valence-electron chi connectivity index (χ3n) is 2.92. The molecule has 0 unspecified atom stereocenters. The second kappa shape index (κ2) is 5.25. The number of nitrogens with two attached hydrogens (primary N) is 1. The van der Waals surface area contributed by atoms with E-state index >= 15 is 0 Å². The molecule has 0 aliphatic rings. The summed E-state index contributed by atoms with van der Waals surface area (Å²) in [5.41, 5.74) is 6.58. The molecule has 0 radical (unpaired) electrons. The van der Waals surface area contributed by atoms with Gasteiger partial charge in [-0.2, -0.15) is 5.10 Å². The van der Waals surface area contributed by atoms with Crippen LogP contribution in [-0.4, -0.2) is 26.7 Å². The van der Waals surface area contributed by atoms with Gasteiger partial charge in [0.1, 0.15) is 17.8 Å². The minimum Gasteiger partial charge on any atom is -0.497 e. The molecular weight excluding hydrogens is 274 g/mol. The van der Waals surface area contributed by atoms with E-state index in [4.69, 9.17) is 15.2 Å². The van der Waals surface area contributed by atoms with Crippen molar-refractivity contribution >= 4 is 5.65 Å². The van der Waals surface area contributed by atoms with E-state index in [1.807, 2.05) is 6.07 Å². The molecule has 0 fully saturated rings. The number of hydrogen-bond donors (Lipinski definition) is 2. The van der Waals surface area contributed by atoms with E-state index in [1.54, 1.807) is 25.3 Å². The van der Waals surface area contributed by atoms with E-state index in [2.05, 4.69) is 15.2 Å². The Balaban J connectivity index is 1.95. The lowest BCUT2D eigenvalue weighted by atomic mass is 10.2. The molecule has 108 valence electrons. The Bertz CT molecular complexity index is 817. The van der Waals surface area contributed by atoms with Crippen LogP contribution in [0.4, 0.5) is 0 Å². The summed E-state index contributed by atoms with van der Waals surface area (Å²) in [5, 5.41) is 6.18. The van der Waals surface area contributed by atoms with E-state index in [9.17, 15) is 4.79 Å².